The molecular weight excluding hydrogens is 362 g/mol. The van der Waals surface area contributed by atoms with Crippen LogP contribution in [-0.2, 0) is 16.1 Å². The summed E-state index contributed by atoms with van der Waals surface area (Å²) in [6.45, 7) is 7.96. The van der Waals surface area contributed by atoms with E-state index in [2.05, 4.69) is 40.6 Å². The van der Waals surface area contributed by atoms with Gasteiger partial charge in [0.2, 0.25) is 0 Å². The largest absolute Gasteiger partial charge is 0.364 e. The Balaban J connectivity index is 1.56. The molecule has 0 bridgehead atoms. The van der Waals surface area contributed by atoms with Gasteiger partial charge >= 0.3 is 0 Å². The summed E-state index contributed by atoms with van der Waals surface area (Å²) in [5.41, 5.74) is 3.12. The second kappa shape index (κ2) is 8.45. The molecule has 2 aromatic rings. The number of carbonyl (C=O) groups excluding carboxylic acids is 2. The highest BCUT2D eigenvalue weighted by Gasteiger charge is 2.41. The molecule has 4 rings (SSSR count). The van der Waals surface area contributed by atoms with Gasteiger partial charge in [0.25, 0.3) is 11.8 Å². The van der Waals surface area contributed by atoms with Crippen LogP contribution in [0.15, 0.2) is 79.0 Å². The first-order valence-electron chi connectivity index (χ1n) is 9.97. The maximum Gasteiger partial charge on any atom is 0.278 e. The van der Waals surface area contributed by atoms with Crippen molar-refractivity contribution < 1.29 is 9.59 Å². The predicted molar refractivity (Wildman–Crippen MR) is 114 cm³/mol. The Labute approximate surface area is 171 Å². The highest BCUT2D eigenvalue weighted by Crippen LogP contribution is 2.32. The van der Waals surface area contributed by atoms with Crippen LogP contribution in [0.5, 0.6) is 0 Å². The summed E-state index contributed by atoms with van der Waals surface area (Å²) in [6.07, 6.45) is 1.60. The van der Waals surface area contributed by atoms with E-state index >= 15 is 0 Å². The van der Waals surface area contributed by atoms with Gasteiger partial charge in [-0.1, -0.05) is 66.7 Å². The van der Waals surface area contributed by atoms with E-state index in [9.17, 15) is 9.59 Å². The van der Waals surface area contributed by atoms with E-state index in [4.69, 9.17) is 0 Å². The van der Waals surface area contributed by atoms with Crippen LogP contribution in [0.25, 0.3) is 5.57 Å². The predicted octanol–water partition coefficient (Wildman–Crippen LogP) is 2.77. The van der Waals surface area contributed by atoms with Crippen molar-refractivity contribution in [2.45, 2.75) is 6.54 Å². The third kappa shape index (κ3) is 3.87. The normalized spacial score (nSPS) is 17.9. The molecule has 1 fully saturated rings. The molecule has 148 valence electrons. The smallest absolute Gasteiger partial charge is 0.278 e. The molecule has 0 atom stereocenters. The van der Waals surface area contributed by atoms with Gasteiger partial charge < -0.3 is 4.90 Å². The number of imide groups is 1. The third-order valence-corrected chi connectivity index (χ3v) is 5.46. The van der Waals surface area contributed by atoms with Crippen LogP contribution in [0.2, 0.25) is 0 Å². The molecule has 0 radical (unpaired) electrons. The highest BCUT2D eigenvalue weighted by molar-refractivity contribution is 6.35. The average Bonchev–Trinajstić information content (AvgIpc) is 3.01. The number of carbonyl (C=O) groups is 2. The molecule has 5 nitrogen and oxygen atoms in total. The Morgan fingerprint density at radius 3 is 2.07 bits per heavy atom. The number of rotatable bonds is 6. The molecule has 0 aromatic heterocycles. The number of hydrogen-bond acceptors (Lipinski definition) is 4. The standard InChI is InChI=1S/C24H25N3O2/c1-2-13-27-23(28)21(20-11-7-4-8-12-20)22(24(27)29)26-16-14-25(15-17-26)18-19-9-5-3-6-10-19/h2-12H,1,13-18H2. The fourth-order valence-electron chi connectivity index (χ4n) is 3.99. The summed E-state index contributed by atoms with van der Waals surface area (Å²) in [5, 5.41) is 0. The summed E-state index contributed by atoms with van der Waals surface area (Å²) in [5.74, 6) is -0.451. The molecule has 5 heteroatoms. The monoisotopic (exact) mass is 387 g/mol. The van der Waals surface area contributed by atoms with Crippen molar-refractivity contribution in [3.63, 3.8) is 0 Å². The van der Waals surface area contributed by atoms with Gasteiger partial charge in [0, 0.05) is 39.3 Å². The number of piperazine rings is 1. The SMILES string of the molecule is C=CCN1C(=O)C(c2ccccc2)=C(N2CCN(Cc3ccccc3)CC2)C1=O. The minimum absolute atomic E-state index is 0.217. The molecule has 0 N–H and O–H groups in total. The zero-order valence-corrected chi connectivity index (χ0v) is 16.5. The van der Waals surface area contributed by atoms with Crippen molar-refractivity contribution in [2.24, 2.45) is 0 Å². The highest BCUT2D eigenvalue weighted by atomic mass is 16.2. The Bertz CT molecular complexity index is 929. The lowest BCUT2D eigenvalue weighted by Gasteiger charge is -2.36. The van der Waals surface area contributed by atoms with E-state index in [0.29, 0.717) is 11.3 Å². The van der Waals surface area contributed by atoms with Crippen molar-refractivity contribution in [3.8, 4) is 0 Å². The first kappa shape index (κ1) is 19.2. The van der Waals surface area contributed by atoms with Gasteiger partial charge in [-0.05, 0) is 11.1 Å². The van der Waals surface area contributed by atoms with Crippen LogP contribution >= 0.6 is 0 Å². The van der Waals surface area contributed by atoms with Crippen molar-refractivity contribution >= 4 is 17.4 Å². The van der Waals surface area contributed by atoms with Gasteiger partial charge in [0.15, 0.2) is 0 Å². The molecular formula is C24H25N3O2. The van der Waals surface area contributed by atoms with Crippen LogP contribution in [0, 0.1) is 0 Å². The van der Waals surface area contributed by atoms with E-state index < -0.39 is 0 Å². The van der Waals surface area contributed by atoms with Crippen molar-refractivity contribution in [1.82, 2.24) is 14.7 Å². The third-order valence-electron chi connectivity index (χ3n) is 5.46. The van der Waals surface area contributed by atoms with Crippen LogP contribution in [0.4, 0.5) is 0 Å². The molecule has 2 aromatic carbocycles. The minimum atomic E-state index is -0.234. The van der Waals surface area contributed by atoms with Crippen LogP contribution < -0.4 is 0 Å². The van der Waals surface area contributed by atoms with Gasteiger partial charge in [0.1, 0.15) is 5.70 Å². The quantitative estimate of drug-likeness (QED) is 0.565. The lowest BCUT2D eigenvalue weighted by atomic mass is 10.0. The Kier molecular flexibility index (Phi) is 5.58. The maximum absolute atomic E-state index is 13.1. The maximum atomic E-state index is 13.1. The van der Waals surface area contributed by atoms with Gasteiger partial charge in [-0.15, -0.1) is 6.58 Å². The first-order chi connectivity index (χ1) is 14.2. The summed E-state index contributed by atoms with van der Waals surface area (Å²) in [4.78, 5) is 31.9. The van der Waals surface area contributed by atoms with Crippen LogP contribution in [0.3, 0.4) is 0 Å². The summed E-state index contributed by atoms with van der Waals surface area (Å²) in [6, 6.07) is 19.9. The zero-order chi connectivity index (χ0) is 20.2. The molecule has 0 spiro atoms. The Morgan fingerprint density at radius 1 is 0.828 bits per heavy atom. The summed E-state index contributed by atoms with van der Waals surface area (Å²) in [7, 11) is 0. The Hall–Kier alpha value is -3.18. The molecule has 2 heterocycles. The van der Waals surface area contributed by atoms with Crippen LogP contribution in [-0.4, -0.2) is 59.2 Å². The van der Waals surface area contributed by atoms with E-state index in [0.717, 1.165) is 38.3 Å². The number of benzene rings is 2. The molecule has 29 heavy (non-hydrogen) atoms. The lowest BCUT2D eigenvalue weighted by Crippen LogP contribution is -2.47. The second-order valence-corrected chi connectivity index (χ2v) is 7.35. The second-order valence-electron chi connectivity index (χ2n) is 7.35. The molecule has 2 amide bonds. The van der Waals surface area contributed by atoms with Gasteiger partial charge in [-0.3, -0.25) is 19.4 Å². The van der Waals surface area contributed by atoms with Crippen molar-refractivity contribution in [2.75, 3.05) is 32.7 Å². The fourth-order valence-corrected chi connectivity index (χ4v) is 3.99. The van der Waals surface area contributed by atoms with Crippen molar-refractivity contribution in [1.29, 1.82) is 0 Å². The van der Waals surface area contributed by atoms with Crippen LogP contribution in [0.1, 0.15) is 11.1 Å². The number of amides is 2. The topological polar surface area (TPSA) is 43.9 Å². The molecule has 0 saturated carbocycles. The number of nitrogens with zero attached hydrogens (tertiary/aromatic N) is 3. The number of hydrogen-bond donors (Lipinski definition) is 0. The molecule has 0 unspecified atom stereocenters. The summed E-state index contributed by atoms with van der Waals surface area (Å²) >= 11 is 0. The summed E-state index contributed by atoms with van der Waals surface area (Å²) < 4.78 is 0. The Morgan fingerprint density at radius 2 is 1.45 bits per heavy atom. The van der Waals surface area contributed by atoms with E-state index in [-0.39, 0.29) is 18.4 Å². The zero-order valence-electron chi connectivity index (χ0n) is 16.5. The average molecular weight is 387 g/mol. The minimum Gasteiger partial charge on any atom is -0.364 e. The van der Waals surface area contributed by atoms with E-state index in [1.54, 1.807) is 6.08 Å². The van der Waals surface area contributed by atoms with Gasteiger partial charge in [0.05, 0.1) is 5.57 Å². The first-order valence-corrected chi connectivity index (χ1v) is 9.97. The lowest BCUT2D eigenvalue weighted by molar-refractivity contribution is -0.137. The molecule has 0 aliphatic carbocycles. The van der Waals surface area contributed by atoms with Gasteiger partial charge in [-0.2, -0.15) is 0 Å². The fraction of sp³-hybridized carbons (Fsp3) is 0.250. The molecule has 1 saturated heterocycles. The van der Waals surface area contributed by atoms with Gasteiger partial charge in [-0.25, -0.2) is 0 Å². The molecule has 2 aliphatic rings. The van der Waals surface area contributed by atoms with Crippen molar-refractivity contribution in [3.05, 3.63) is 90.1 Å². The molecule has 2 aliphatic heterocycles. The van der Waals surface area contributed by atoms with E-state index in [1.807, 2.05) is 36.4 Å². The van der Waals surface area contributed by atoms with E-state index in [1.165, 1.54) is 10.5 Å².